The minimum Gasteiger partial charge on any atom is -0.399 e. The fraction of sp³-hybridized carbons (Fsp3) is 0. The maximum atomic E-state index is 13.0. The summed E-state index contributed by atoms with van der Waals surface area (Å²) in [6.45, 7) is 0. The van der Waals surface area contributed by atoms with E-state index < -0.39 is 5.82 Å². The number of anilines is 2. The van der Waals surface area contributed by atoms with Gasteiger partial charge in [-0.3, -0.25) is 4.79 Å². The molecule has 0 aliphatic rings. The maximum Gasteiger partial charge on any atom is 0.272 e. The number of fused-ring (bicyclic) bond motifs is 1. The van der Waals surface area contributed by atoms with Gasteiger partial charge in [0.2, 0.25) is 0 Å². The first-order valence-electron chi connectivity index (χ1n) is 6.17. The minimum atomic E-state index is -0.459. The molecule has 0 radical (unpaired) electrons. The number of benzene rings is 2. The van der Waals surface area contributed by atoms with Crippen molar-refractivity contribution in [1.82, 2.24) is 4.98 Å². The monoisotopic (exact) mass is 303 g/mol. The molecule has 4 N–H and O–H groups in total. The Bertz CT molecular complexity index is 844. The molecule has 0 fully saturated rings. The van der Waals surface area contributed by atoms with Crippen LogP contribution >= 0.6 is 11.6 Å². The van der Waals surface area contributed by atoms with E-state index in [0.29, 0.717) is 17.1 Å². The van der Waals surface area contributed by atoms with Gasteiger partial charge in [0.1, 0.15) is 11.5 Å². The molecular weight excluding hydrogens is 293 g/mol. The number of amides is 1. The Morgan fingerprint density at radius 1 is 1.19 bits per heavy atom. The molecule has 0 saturated heterocycles. The molecule has 1 aromatic heterocycles. The van der Waals surface area contributed by atoms with Crippen LogP contribution in [0.2, 0.25) is 5.02 Å². The van der Waals surface area contributed by atoms with Crippen LogP contribution < -0.4 is 11.1 Å². The third-order valence-electron chi connectivity index (χ3n) is 3.07. The summed E-state index contributed by atoms with van der Waals surface area (Å²) in [5, 5.41) is 3.61. The average Bonchev–Trinajstić information content (AvgIpc) is 2.85. The second-order valence-corrected chi connectivity index (χ2v) is 5.02. The molecule has 21 heavy (non-hydrogen) atoms. The molecule has 2 aromatic carbocycles. The second-order valence-electron chi connectivity index (χ2n) is 4.61. The number of aromatic nitrogens is 1. The van der Waals surface area contributed by atoms with Crippen molar-refractivity contribution in [2.75, 3.05) is 11.1 Å². The van der Waals surface area contributed by atoms with E-state index in [1.807, 2.05) is 0 Å². The van der Waals surface area contributed by atoms with Crippen LogP contribution in [0, 0.1) is 5.82 Å². The normalized spacial score (nSPS) is 10.8. The number of carbonyl (C=O) groups is 1. The molecule has 3 aromatic rings. The zero-order chi connectivity index (χ0) is 15.0. The fourth-order valence-electron chi connectivity index (χ4n) is 2.05. The third-order valence-corrected chi connectivity index (χ3v) is 3.38. The SMILES string of the molecule is Nc1ccc2[nH]c(C(=O)Nc3ccc(F)cc3Cl)cc2c1. The Kier molecular flexibility index (Phi) is 3.27. The van der Waals surface area contributed by atoms with Crippen molar-refractivity contribution < 1.29 is 9.18 Å². The predicted octanol–water partition coefficient (Wildman–Crippen LogP) is 3.79. The Balaban J connectivity index is 1.89. The molecule has 0 aliphatic heterocycles. The van der Waals surface area contributed by atoms with E-state index in [4.69, 9.17) is 17.3 Å². The zero-order valence-corrected chi connectivity index (χ0v) is 11.5. The quantitative estimate of drug-likeness (QED) is 0.630. The van der Waals surface area contributed by atoms with Crippen LogP contribution in [0.1, 0.15) is 10.5 Å². The summed E-state index contributed by atoms with van der Waals surface area (Å²) in [7, 11) is 0. The number of rotatable bonds is 2. The molecule has 3 rings (SSSR count). The van der Waals surface area contributed by atoms with Crippen LogP contribution in [0.5, 0.6) is 0 Å². The van der Waals surface area contributed by atoms with Crippen LogP contribution in [0.4, 0.5) is 15.8 Å². The molecular formula is C15H11ClFN3O. The molecule has 6 heteroatoms. The molecule has 0 aliphatic carbocycles. The number of carbonyl (C=O) groups excluding carboxylic acids is 1. The van der Waals surface area contributed by atoms with Gasteiger partial charge in [-0.1, -0.05) is 11.6 Å². The zero-order valence-electron chi connectivity index (χ0n) is 10.8. The fourth-order valence-corrected chi connectivity index (χ4v) is 2.27. The van der Waals surface area contributed by atoms with Crippen LogP contribution in [0.15, 0.2) is 42.5 Å². The van der Waals surface area contributed by atoms with Gasteiger partial charge in [0.05, 0.1) is 10.7 Å². The lowest BCUT2D eigenvalue weighted by atomic mass is 10.2. The first kappa shape index (κ1) is 13.5. The number of nitrogens with two attached hydrogens (primary N) is 1. The van der Waals surface area contributed by atoms with Crippen LogP contribution in [-0.2, 0) is 0 Å². The van der Waals surface area contributed by atoms with Crippen LogP contribution in [0.3, 0.4) is 0 Å². The molecule has 0 unspecified atom stereocenters. The minimum absolute atomic E-state index is 0.142. The highest BCUT2D eigenvalue weighted by Crippen LogP contribution is 2.24. The van der Waals surface area contributed by atoms with Crippen molar-refractivity contribution in [1.29, 1.82) is 0 Å². The molecule has 0 saturated carbocycles. The number of nitrogens with one attached hydrogen (secondary N) is 2. The number of halogens is 2. The Morgan fingerprint density at radius 2 is 2.00 bits per heavy atom. The lowest BCUT2D eigenvalue weighted by Gasteiger charge is -2.05. The second kappa shape index (κ2) is 5.10. The summed E-state index contributed by atoms with van der Waals surface area (Å²) in [4.78, 5) is 15.2. The molecule has 4 nitrogen and oxygen atoms in total. The lowest BCUT2D eigenvalue weighted by Crippen LogP contribution is -2.12. The van der Waals surface area contributed by atoms with Gasteiger partial charge in [0.15, 0.2) is 0 Å². The Hall–Kier alpha value is -2.53. The largest absolute Gasteiger partial charge is 0.399 e. The number of hydrogen-bond donors (Lipinski definition) is 3. The van der Waals surface area contributed by atoms with Crippen LogP contribution in [-0.4, -0.2) is 10.9 Å². The molecule has 1 amide bonds. The number of H-pyrrole nitrogens is 1. The van der Waals surface area contributed by atoms with E-state index >= 15 is 0 Å². The molecule has 0 spiro atoms. The highest BCUT2D eigenvalue weighted by Gasteiger charge is 2.12. The van der Waals surface area contributed by atoms with Gasteiger partial charge < -0.3 is 16.0 Å². The van der Waals surface area contributed by atoms with Crippen molar-refractivity contribution in [2.24, 2.45) is 0 Å². The number of hydrogen-bond acceptors (Lipinski definition) is 2. The Morgan fingerprint density at radius 3 is 2.76 bits per heavy atom. The summed E-state index contributed by atoms with van der Waals surface area (Å²) >= 11 is 5.88. The summed E-state index contributed by atoms with van der Waals surface area (Å²) < 4.78 is 13.0. The predicted molar refractivity (Wildman–Crippen MR) is 82.1 cm³/mol. The smallest absolute Gasteiger partial charge is 0.272 e. The number of nitrogen functional groups attached to an aromatic ring is 1. The van der Waals surface area contributed by atoms with Gasteiger partial charge in [-0.15, -0.1) is 0 Å². The van der Waals surface area contributed by atoms with E-state index in [1.54, 1.807) is 24.3 Å². The standard InChI is InChI=1S/C15H11ClFN3O/c16-11-7-9(17)1-3-13(11)20-15(21)14-6-8-5-10(18)2-4-12(8)19-14/h1-7,19H,18H2,(H,20,21). The first-order valence-corrected chi connectivity index (χ1v) is 6.55. The molecule has 106 valence electrons. The molecule has 0 bridgehead atoms. The van der Waals surface area contributed by atoms with Crippen molar-refractivity contribution in [2.45, 2.75) is 0 Å². The summed E-state index contributed by atoms with van der Waals surface area (Å²) in [6, 6.07) is 10.8. The summed E-state index contributed by atoms with van der Waals surface area (Å²) in [5.74, 6) is -0.822. The first-order chi connectivity index (χ1) is 10.0. The summed E-state index contributed by atoms with van der Waals surface area (Å²) in [6.07, 6.45) is 0. The van der Waals surface area contributed by atoms with E-state index in [2.05, 4.69) is 10.3 Å². The summed E-state index contributed by atoms with van der Waals surface area (Å²) in [5.41, 5.74) is 7.84. The molecule has 1 heterocycles. The van der Waals surface area contributed by atoms with Crippen molar-refractivity contribution >= 4 is 39.8 Å². The van der Waals surface area contributed by atoms with Crippen molar-refractivity contribution in [3.8, 4) is 0 Å². The van der Waals surface area contributed by atoms with Crippen molar-refractivity contribution in [3.63, 3.8) is 0 Å². The van der Waals surface area contributed by atoms with Crippen molar-refractivity contribution in [3.05, 3.63) is 59.0 Å². The third kappa shape index (κ3) is 2.68. The van der Waals surface area contributed by atoms with E-state index in [0.717, 1.165) is 17.0 Å². The topological polar surface area (TPSA) is 70.9 Å². The van der Waals surface area contributed by atoms with E-state index in [-0.39, 0.29) is 10.9 Å². The van der Waals surface area contributed by atoms with E-state index in [1.165, 1.54) is 12.1 Å². The molecule has 0 atom stereocenters. The van der Waals surface area contributed by atoms with Gasteiger partial charge in [0.25, 0.3) is 5.91 Å². The highest BCUT2D eigenvalue weighted by atomic mass is 35.5. The lowest BCUT2D eigenvalue weighted by molar-refractivity contribution is 0.102. The average molecular weight is 304 g/mol. The van der Waals surface area contributed by atoms with E-state index in [9.17, 15) is 9.18 Å². The number of aromatic amines is 1. The highest BCUT2D eigenvalue weighted by molar-refractivity contribution is 6.33. The Labute approximate surface area is 124 Å². The van der Waals surface area contributed by atoms with Gasteiger partial charge in [-0.2, -0.15) is 0 Å². The van der Waals surface area contributed by atoms with Gasteiger partial charge in [-0.05, 0) is 42.5 Å². The van der Waals surface area contributed by atoms with Crippen LogP contribution in [0.25, 0.3) is 10.9 Å². The maximum absolute atomic E-state index is 13.0. The van der Waals surface area contributed by atoms with Gasteiger partial charge in [-0.25, -0.2) is 4.39 Å². The van der Waals surface area contributed by atoms with Gasteiger partial charge in [0, 0.05) is 16.6 Å². The van der Waals surface area contributed by atoms with Gasteiger partial charge >= 0.3 is 0 Å².